The third-order valence-electron chi connectivity index (χ3n) is 4.33. The molecule has 0 spiro atoms. The molecule has 3 rings (SSSR count). The lowest BCUT2D eigenvalue weighted by Crippen LogP contribution is -2.29. The molecule has 0 saturated carbocycles. The summed E-state index contributed by atoms with van der Waals surface area (Å²) in [4.78, 5) is 34.1. The average Bonchev–Trinajstić information content (AvgIpc) is 2.60. The topological polar surface area (TPSA) is 75.3 Å². The highest BCUT2D eigenvalue weighted by Crippen LogP contribution is 2.17. The summed E-state index contributed by atoms with van der Waals surface area (Å²) in [5, 5.41) is 0. The molecule has 0 fully saturated rings. The van der Waals surface area contributed by atoms with Gasteiger partial charge in [-0.2, -0.15) is 0 Å². The SMILES string of the molecule is CCOC(=O)/C1=C/N(Cc2ccccc2)CCc2nc(C)[nH]c(=O)c2C1. The van der Waals surface area contributed by atoms with Gasteiger partial charge in [-0.3, -0.25) is 4.79 Å². The Morgan fingerprint density at radius 2 is 2.08 bits per heavy atom. The number of nitrogens with zero attached hydrogens (tertiary/aromatic N) is 2. The number of aryl methyl sites for hydroxylation is 1. The van der Waals surface area contributed by atoms with E-state index in [1.807, 2.05) is 24.4 Å². The molecule has 0 radical (unpaired) electrons. The van der Waals surface area contributed by atoms with Crippen molar-refractivity contribution in [3.05, 3.63) is 75.1 Å². The van der Waals surface area contributed by atoms with Crippen LogP contribution in [0.3, 0.4) is 0 Å². The number of aromatic amines is 1. The first-order chi connectivity index (χ1) is 12.6. The molecule has 0 saturated heterocycles. The van der Waals surface area contributed by atoms with Crippen LogP contribution >= 0.6 is 0 Å². The molecule has 2 heterocycles. The normalized spacial score (nSPS) is 16.1. The molecule has 0 amide bonds. The number of benzene rings is 1. The average molecular weight is 353 g/mol. The van der Waals surface area contributed by atoms with E-state index in [9.17, 15) is 9.59 Å². The minimum atomic E-state index is -0.390. The maximum atomic E-state index is 12.4. The quantitative estimate of drug-likeness (QED) is 0.852. The Bertz CT molecular complexity index is 872. The highest BCUT2D eigenvalue weighted by Gasteiger charge is 2.21. The van der Waals surface area contributed by atoms with Crippen LogP contribution in [0.15, 0.2) is 46.9 Å². The summed E-state index contributed by atoms with van der Waals surface area (Å²) in [6, 6.07) is 10.1. The van der Waals surface area contributed by atoms with Gasteiger partial charge in [-0.25, -0.2) is 9.78 Å². The van der Waals surface area contributed by atoms with Gasteiger partial charge in [0, 0.05) is 37.7 Å². The number of carbonyl (C=O) groups excluding carboxylic acids is 1. The summed E-state index contributed by atoms with van der Waals surface area (Å²) in [5.41, 5.74) is 2.75. The molecule has 1 aromatic carbocycles. The van der Waals surface area contributed by atoms with Crippen LogP contribution < -0.4 is 5.56 Å². The van der Waals surface area contributed by atoms with Crippen LogP contribution in [0.4, 0.5) is 0 Å². The minimum Gasteiger partial charge on any atom is -0.463 e. The molecule has 26 heavy (non-hydrogen) atoms. The Kier molecular flexibility index (Phi) is 5.51. The Labute approximate surface area is 152 Å². The first-order valence-electron chi connectivity index (χ1n) is 8.81. The fourth-order valence-electron chi connectivity index (χ4n) is 3.12. The molecule has 2 aromatic rings. The maximum Gasteiger partial charge on any atom is 0.335 e. The molecule has 6 nitrogen and oxygen atoms in total. The van der Waals surface area contributed by atoms with E-state index in [1.165, 1.54) is 0 Å². The Morgan fingerprint density at radius 1 is 1.31 bits per heavy atom. The molecule has 0 aliphatic carbocycles. The lowest BCUT2D eigenvalue weighted by molar-refractivity contribution is -0.138. The third-order valence-corrected chi connectivity index (χ3v) is 4.33. The zero-order chi connectivity index (χ0) is 18.5. The van der Waals surface area contributed by atoms with Gasteiger partial charge in [-0.1, -0.05) is 30.3 Å². The number of aromatic nitrogens is 2. The molecule has 6 heteroatoms. The molecule has 0 unspecified atom stereocenters. The second-order valence-corrected chi connectivity index (χ2v) is 6.33. The van der Waals surface area contributed by atoms with Gasteiger partial charge in [0.25, 0.3) is 5.56 Å². The van der Waals surface area contributed by atoms with Crippen molar-refractivity contribution < 1.29 is 9.53 Å². The fourth-order valence-corrected chi connectivity index (χ4v) is 3.12. The van der Waals surface area contributed by atoms with Crippen LogP contribution in [0, 0.1) is 6.92 Å². The molecule has 0 atom stereocenters. The van der Waals surface area contributed by atoms with E-state index in [0.29, 0.717) is 43.1 Å². The lowest BCUT2D eigenvalue weighted by Gasteiger charge is -2.25. The second-order valence-electron chi connectivity index (χ2n) is 6.33. The number of hydrogen-bond donors (Lipinski definition) is 1. The van der Waals surface area contributed by atoms with Gasteiger partial charge in [0.1, 0.15) is 5.82 Å². The van der Waals surface area contributed by atoms with Crippen molar-refractivity contribution in [3.63, 3.8) is 0 Å². The Balaban J connectivity index is 1.96. The number of nitrogens with one attached hydrogen (secondary N) is 1. The first-order valence-corrected chi connectivity index (χ1v) is 8.81. The summed E-state index contributed by atoms with van der Waals surface area (Å²) in [5.74, 6) is 0.198. The predicted octanol–water partition coefficient (Wildman–Crippen LogP) is 2.13. The van der Waals surface area contributed by atoms with Gasteiger partial charge in [0.2, 0.25) is 0 Å². The van der Waals surface area contributed by atoms with Crippen LogP contribution in [0.25, 0.3) is 0 Å². The number of hydrogen-bond acceptors (Lipinski definition) is 5. The van der Waals surface area contributed by atoms with Crippen molar-refractivity contribution in [2.75, 3.05) is 13.2 Å². The van der Waals surface area contributed by atoms with Crippen molar-refractivity contribution >= 4 is 5.97 Å². The van der Waals surface area contributed by atoms with Crippen molar-refractivity contribution in [2.24, 2.45) is 0 Å². The van der Waals surface area contributed by atoms with Gasteiger partial charge in [-0.05, 0) is 19.4 Å². The minimum absolute atomic E-state index is 0.181. The summed E-state index contributed by atoms with van der Waals surface area (Å²) < 4.78 is 5.19. The molecule has 1 N–H and O–H groups in total. The predicted molar refractivity (Wildman–Crippen MR) is 98.6 cm³/mol. The molecule has 0 bridgehead atoms. The van der Waals surface area contributed by atoms with Crippen LogP contribution in [-0.4, -0.2) is 34.0 Å². The Hall–Kier alpha value is -2.89. The summed E-state index contributed by atoms with van der Waals surface area (Å²) in [6.45, 7) is 5.19. The monoisotopic (exact) mass is 353 g/mol. The number of H-pyrrole nitrogens is 1. The number of carbonyl (C=O) groups is 1. The first kappa shape index (κ1) is 17.9. The molecule has 1 aromatic heterocycles. The zero-order valence-electron chi connectivity index (χ0n) is 15.1. The van der Waals surface area contributed by atoms with Gasteiger partial charge >= 0.3 is 5.97 Å². The molecule has 1 aliphatic rings. The number of esters is 1. The van der Waals surface area contributed by atoms with Crippen molar-refractivity contribution in [1.82, 2.24) is 14.9 Å². The van der Waals surface area contributed by atoms with Crippen molar-refractivity contribution in [1.29, 1.82) is 0 Å². The van der Waals surface area contributed by atoms with Crippen molar-refractivity contribution in [3.8, 4) is 0 Å². The van der Waals surface area contributed by atoms with Gasteiger partial charge in [0.15, 0.2) is 0 Å². The molecular weight excluding hydrogens is 330 g/mol. The fraction of sp³-hybridized carbons (Fsp3) is 0.350. The van der Waals surface area contributed by atoms with Crippen LogP contribution in [0.2, 0.25) is 0 Å². The van der Waals surface area contributed by atoms with E-state index < -0.39 is 5.97 Å². The van der Waals surface area contributed by atoms with Crippen molar-refractivity contribution in [2.45, 2.75) is 33.2 Å². The highest BCUT2D eigenvalue weighted by atomic mass is 16.5. The molecular formula is C20H23N3O3. The molecule has 136 valence electrons. The van der Waals surface area contributed by atoms with Gasteiger partial charge in [0.05, 0.1) is 17.9 Å². The van der Waals surface area contributed by atoms with Gasteiger partial charge < -0.3 is 14.6 Å². The second kappa shape index (κ2) is 7.99. The summed E-state index contributed by atoms with van der Waals surface area (Å²) >= 11 is 0. The Morgan fingerprint density at radius 3 is 2.81 bits per heavy atom. The standard InChI is InChI=1S/C20H23N3O3/c1-3-26-20(25)16-11-17-18(21-14(2)22-19(17)24)9-10-23(13-16)12-15-7-5-4-6-8-15/h4-8,13H,3,9-12H2,1-2H3,(H,21,22,24)/b16-13+. The van der Waals surface area contributed by atoms with E-state index >= 15 is 0 Å². The van der Waals surface area contributed by atoms with Crippen LogP contribution in [0.5, 0.6) is 0 Å². The van der Waals surface area contributed by atoms with Crippen LogP contribution in [0.1, 0.15) is 29.6 Å². The highest BCUT2D eigenvalue weighted by molar-refractivity contribution is 5.88. The maximum absolute atomic E-state index is 12.4. The number of rotatable bonds is 4. The van der Waals surface area contributed by atoms with E-state index in [2.05, 4.69) is 27.0 Å². The number of ether oxygens (including phenoxy) is 1. The van der Waals surface area contributed by atoms with Gasteiger partial charge in [-0.15, -0.1) is 0 Å². The lowest BCUT2D eigenvalue weighted by atomic mass is 10.0. The third kappa shape index (κ3) is 4.20. The van der Waals surface area contributed by atoms with E-state index in [1.54, 1.807) is 13.8 Å². The summed E-state index contributed by atoms with van der Waals surface area (Å²) in [7, 11) is 0. The van der Waals surface area contributed by atoms with E-state index in [4.69, 9.17) is 4.74 Å². The summed E-state index contributed by atoms with van der Waals surface area (Å²) in [6.07, 6.45) is 2.70. The smallest absolute Gasteiger partial charge is 0.335 e. The van der Waals surface area contributed by atoms with E-state index in [-0.39, 0.29) is 12.0 Å². The molecule has 1 aliphatic heterocycles. The van der Waals surface area contributed by atoms with Crippen LogP contribution in [-0.2, 0) is 28.9 Å². The van der Waals surface area contributed by atoms with E-state index in [0.717, 1.165) is 11.3 Å². The largest absolute Gasteiger partial charge is 0.463 e. The zero-order valence-corrected chi connectivity index (χ0v) is 15.1. The number of fused-ring (bicyclic) bond motifs is 1.